The first-order valence-corrected chi connectivity index (χ1v) is 8.55. The minimum atomic E-state index is -1.26. The first-order valence-electron chi connectivity index (χ1n) is 7.35. The zero-order valence-electron chi connectivity index (χ0n) is 12.7. The van der Waals surface area contributed by atoms with Gasteiger partial charge in [-0.3, -0.25) is 24.5 Å². The molecular formula is C16H14ClNO5S. The lowest BCUT2D eigenvalue weighted by Gasteiger charge is -2.24. The number of imide groups is 1. The molecule has 1 aromatic carbocycles. The van der Waals surface area contributed by atoms with Gasteiger partial charge >= 0.3 is 5.97 Å². The lowest BCUT2D eigenvalue weighted by molar-refractivity contribution is -0.149. The van der Waals surface area contributed by atoms with E-state index in [1.165, 1.54) is 6.92 Å². The summed E-state index contributed by atoms with van der Waals surface area (Å²) in [6, 6.07) is 6.52. The molecule has 2 fully saturated rings. The summed E-state index contributed by atoms with van der Waals surface area (Å²) in [7, 11) is 0. The lowest BCUT2D eigenvalue weighted by Crippen LogP contribution is -2.39. The highest BCUT2D eigenvalue weighted by atomic mass is 35.5. The molecule has 0 aromatic heterocycles. The Morgan fingerprint density at radius 3 is 2.71 bits per heavy atom. The number of carbonyl (C=O) groups excluding carboxylic acids is 4. The van der Waals surface area contributed by atoms with Crippen LogP contribution in [0.15, 0.2) is 24.3 Å². The van der Waals surface area contributed by atoms with E-state index in [0.717, 1.165) is 11.8 Å². The number of carbonyl (C=O) groups is 4. The number of hydrogen-bond acceptors (Lipinski definition) is 6. The number of benzene rings is 1. The fourth-order valence-electron chi connectivity index (χ4n) is 3.26. The Labute approximate surface area is 147 Å². The van der Waals surface area contributed by atoms with Crippen LogP contribution in [0.1, 0.15) is 30.1 Å². The summed E-state index contributed by atoms with van der Waals surface area (Å²) >= 11 is 6.82. The Hall–Kier alpha value is -1.86. The molecule has 1 aromatic rings. The van der Waals surface area contributed by atoms with Gasteiger partial charge in [0.25, 0.3) is 0 Å². The molecule has 6 nitrogen and oxygen atoms in total. The molecule has 0 spiro atoms. The second kappa shape index (κ2) is 6.22. The average Bonchev–Trinajstić information content (AvgIpc) is 2.96. The number of ether oxygens (including phenoxy) is 1. The van der Waals surface area contributed by atoms with Crippen LogP contribution in [0.5, 0.6) is 0 Å². The van der Waals surface area contributed by atoms with Gasteiger partial charge in [0.15, 0.2) is 0 Å². The van der Waals surface area contributed by atoms with Gasteiger partial charge in [0, 0.05) is 12.5 Å². The molecule has 1 aliphatic carbocycles. The molecule has 2 aliphatic rings. The number of nitrogens with one attached hydrogen (secondary N) is 1. The molecule has 1 heterocycles. The van der Waals surface area contributed by atoms with Crippen molar-refractivity contribution in [3.8, 4) is 0 Å². The summed E-state index contributed by atoms with van der Waals surface area (Å²) in [6.45, 7) is 1.25. The molecule has 24 heavy (non-hydrogen) atoms. The molecular weight excluding hydrogens is 354 g/mol. The Kier molecular flexibility index (Phi) is 4.40. The maximum absolute atomic E-state index is 12.6. The van der Waals surface area contributed by atoms with E-state index >= 15 is 0 Å². The van der Waals surface area contributed by atoms with Gasteiger partial charge in [-0.2, -0.15) is 0 Å². The van der Waals surface area contributed by atoms with E-state index in [1.807, 2.05) is 0 Å². The van der Waals surface area contributed by atoms with Crippen LogP contribution in [0.2, 0.25) is 5.02 Å². The van der Waals surface area contributed by atoms with E-state index in [1.54, 1.807) is 24.3 Å². The smallest absolute Gasteiger partial charge is 0.302 e. The number of halogens is 1. The quantitative estimate of drug-likeness (QED) is 0.648. The summed E-state index contributed by atoms with van der Waals surface area (Å²) in [4.78, 5) is 48.4. The van der Waals surface area contributed by atoms with E-state index in [0.29, 0.717) is 6.42 Å². The van der Waals surface area contributed by atoms with Crippen molar-refractivity contribution in [2.24, 2.45) is 5.92 Å². The van der Waals surface area contributed by atoms with Crippen molar-refractivity contribution in [1.82, 2.24) is 5.32 Å². The third kappa shape index (κ3) is 2.71. The third-order valence-electron chi connectivity index (χ3n) is 4.26. The van der Waals surface area contributed by atoms with E-state index < -0.39 is 34.6 Å². The van der Waals surface area contributed by atoms with Crippen molar-refractivity contribution in [3.05, 3.63) is 34.9 Å². The van der Waals surface area contributed by atoms with Crippen LogP contribution in [-0.4, -0.2) is 33.7 Å². The lowest BCUT2D eigenvalue weighted by atomic mass is 9.96. The molecule has 126 valence electrons. The highest BCUT2D eigenvalue weighted by Gasteiger charge is 2.64. The summed E-state index contributed by atoms with van der Waals surface area (Å²) in [5, 5.41) is 2.15. The van der Waals surface area contributed by atoms with Crippen molar-refractivity contribution >= 4 is 46.3 Å². The van der Waals surface area contributed by atoms with Gasteiger partial charge in [0.2, 0.25) is 16.9 Å². The van der Waals surface area contributed by atoms with Gasteiger partial charge in [-0.1, -0.05) is 35.5 Å². The normalized spacial score (nSPS) is 28.4. The minimum absolute atomic E-state index is 0.272. The molecule has 3 rings (SSSR count). The van der Waals surface area contributed by atoms with Crippen LogP contribution in [0.3, 0.4) is 0 Å². The molecule has 0 bridgehead atoms. The molecule has 1 N–H and O–H groups in total. The number of thioether (sulfide) groups is 1. The highest BCUT2D eigenvalue weighted by molar-refractivity contribution is 8.16. The molecule has 1 aliphatic heterocycles. The van der Waals surface area contributed by atoms with Crippen molar-refractivity contribution in [2.45, 2.75) is 30.6 Å². The predicted molar refractivity (Wildman–Crippen MR) is 87.5 cm³/mol. The fourth-order valence-corrected chi connectivity index (χ4v) is 4.90. The maximum Gasteiger partial charge on any atom is 0.302 e. The monoisotopic (exact) mass is 367 g/mol. The first-order chi connectivity index (χ1) is 11.3. The second-order valence-corrected chi connectivity index (χ2v) is 7.45. The van der Waals surface area contributed by atoms with Crippen molar-refractivity contribution in [2.75, 3.05) is 0 Å². The minimum Gasteiger partial charge on any atom is -0.462 e. The first kappa shape index (κ1) is 17.0. The van der Waals surface area contributed by atoms with Crippen LogP contribution < -0.4 is 5.32 Å². The van der Waals surface area contributed by atoms with Gasteiger partial charge in [-0.15, -0.1) is 0 Å². The van der Waals surface area contributed by atoms with Gasteiger partial charge in [0.05, 0.1) is 10.9 Å². The van der Waals surface area contributed by atoms with Crippen molar-refractivity contribution < 1.29 is 23.9 Å². The summed E-state index contributed by atoms with van der Waals surface area (Å²) < 4.78 is 3.92. The van der Waals surface area contributed by atoms with Gasteiger partial charge in [0.1, 0.15) is 10.9 Å². The standard InChI is InChI=1S/C16H14ClNO5S/c1-8(19)23-11-6-7-16(12(11)13(20)18-15(16)22)24-14(21)9-4-2-3-5-10(9)17/h2-5,11-12H,6-7H2,1H3,(H,18,20,22)/t11?,12-,16+/m0/s1. The topological polar surface area (TPSA) is 89.5 Å². The number of fused-ring (bicyclic) bond motifs is 1. The van der Waals surface area contributed by atoms with E-state index in [9.17, 15) is 19.2 Å². The van der Waals surface area contributed by atoms with Crippen LogP contribution in [0, 0.1) is 5.92 Å². The molecule has 2 amide bonds. The number of esters is 1. The second-order valence-electron chi connectivity index (χ2n) is 5.74. The molecule has 1 saturated carbocycles. The van der Waals surface area contributed by atoms with Crippen LogP contribution >= 0.6 is 23.4 Å². The number of rotatable bonds is 3. The summed E-state index contributed by atoms with van der Waals surface area (Å²) in [5.74, 6) is -2.42. The Balaban J connectivity index is 1.91. The molecule has 0 radical (unpaired) electrons. The average molecular weight is 368 g/mol. The Morgan fingerprint density at radius 2 is 2.04 bits per heavy atom. The largest absolute Gasteiger partial charge is 0.462 e. The van der Waals surface area contributed by atoms with Gasteiger partial charge in [-0.05, 0) is 25.0 Å². The molecule has 3 atom stereocenters. The van der Waals surface area contributed by atoms with Crippen LogP contribution in [-0.2, 0) is 19.1 Å². The fraction of sp³-hybridized carbons (Fsp3) is 0.375. The Morgan fingerprint density at radius 1 is 1.33 bits per heavy atom. The predicted octanol–water partition coefficient (Wildman–Crippen LogP) is 1.95. The van der Waals surface area contributed by atoms with Crippen LogP contribution in [0.25, 0.3) is 0 Å². The Bertz CT molecular complexity index is 752. The van der Waals surface area contributed by atoms with E-state index in [-0.39, 0.29) is 22.1 Å². The number of amides is 2. The highest BCUT2D eigenvalue weighted by Crippen LogP contribution is 2.51. The SMILES string of the molecule is CC(=O)OC1CC[C@]2(SC(=O)c3ccccc3Cl)C(=O)NC(=O)[C@H]12. The third-order valence-corrected chi connectivity index (χ3v) is 6.01. The van der Waals surface area contributed by atoms with Crippen molar-refractivity contribution in [3.63, 3.8) is 0 Å². The van der Waals surface area contributed by atoms with Gasteiger partial charge in [-0.25, -0.2) is 0 Å². The number of hydrogen-bond donors (Lipinski definition) is 1. The molecule has 1 saturated heterocycles. The maximum atomic E-state index is 12.6. The summed E-state index contributed by atoms with van der Waals surface area (Å²) in [6.07, 6.45) is -0.0826. The molecule has 1 unspecified atom stereocenters. The van der Waals surface area contributed by atoms with E-state index in [4.69, 9.17) is 16.3 Å². The van der Waals surface area contributed by atoms with Crippen molar-refractivity contribution in [1.29, 1.82) is 0 Å². The summed E-state index contributed by atoms with van der Waals surface area (Å²) in [5.41, 5.74) is 0.278. The van der Waals surface area contributed by atoms with Gasteiger partial charge < -0.3 is 4.74 Å². The zero-order valence-corrected chi connectivity index (χ0v) is 14.3. The van der Waals surface area contributed by atoms with E-state index in [2.05, 4.69) is 5.32 Å². The van der Waals surface area contributed by atoms with Crippen LogP contribution in [0.4, 0.5) is 0 Å². The zero-order chi connectivity index (χ0) is 17.5. The molecule has 8 heteroatoms.